The van der Waals surface area contributed by atoms with Crippen molar-refractivity contribution in [3.05, 3.63) is 37.0 Å². The summed E-state index contributed by atoms with van der Waals surface area (Å²) >= 11 is 0. The van der Waals surface area contributed by atoms with Crippen molar-refractivity contribution in [2.75, 3.05) is 13.1 Å². The molecule has 0 unspecified atom stereocenters. The van der Waals surface area contributed by atoms with Crippen LogP contribution in [-0.4, -0.2) is 29.7 Å². The van der Waals surface area contributed by atoms with E-state index >= 15 is 0 Å². The van der Waals surface area contributed by atoms with Crippen LogP contribution in [0.1, 0.15) is 67.2 Å². The second-order valence-electron chi connectivity index (χ2n) is 7.06. The lowest BCUT2D eigenvalue weighted by molar-refractivity contribution is 0.0130. The number of carbonyl (C=O) groups is 1. The highest BCUT2D eigenvalue weighted by Gasteiger charge is 2.38. The van der Waals surface area contributed by atoms with E-state index < -0.39 is 5.60 Å². The molecule has 0 saturated carbocycles. The summed E-state index contributed by atoms with van der Waals surface area (Å²) in [4.78, 5) is 14.0. The molecule has 0 aromatic rings. The maximum Gasteiger partial charge on any atom is 0.410 e. The number of rotatable bonds is 5. The predicted octanol–water partition coefficient (Wildman–Crippen LogP) is 6.13. The van der Waals surface area contributed by atoms with E-state index in [-0.39, 0.29) is 11.5 Å². The molecule has 0 aliphatic carbocycles. The van der Waals surface area contributed by atoms with Crippen LogP contribution >= 0.6 is 0 Å². The lowest BCUT2D eigenvalue weighted by Crippen LogP contribution is -2.45. The van der Waals surface area contributed by atoms with Gasteiger partial charge in [0.15, 0.2) is 0 Å². The van der Waals surface area contributed by atoms with Gasteiger partial charge in [-0.15, -0.1) is 0 Å². The monoisotopic (exact) mass is 335 g/mol. The molecule has 1 rings (SSSR count). The minimum Gasteiger partial charge on any atom is -0.444 e. The van der Waals surface area contributed by atoms with Crippen LogP contribution in [0.15, 0.2) is 37.0 Å². The molecule has 3 heteroatoms. The molecule has 0 atom stereocenters. The van der Waals surface area contributed by atoms with Crippen molar-refractivity contribution < 1.29 is 9.53 Å². The maximum absolute atomic E-state index is 12.2. The lowest BCUT2D eigenvalue weighted by Gasteiger charge is -2.43. The van der Waals surface area contributed by atoms with Crippen LogP contribution < -0.4 is 0 Å². The van der Waals surface area contributed by atoms with E-state index in [4.69, 9.17) is 4.74 Å². The minimum atomic E-state index is -0.440. The normalized spacial score (nSPS) is 17.4. The van der Waals surface area contributed by atoms with E-state index in [2.05, 4.69) is 26.2 Å². The summed E-state index contributed by atoms with van der Waals surface area (Å²) in [5, 5.41) is 0. The van der Waals surface area contributed by atoms with E-state index in [1.54, 1.807) is 0 Å². The Kier molecular flexibility index (Phi) is 9.72. The summed E-state index contributed by atoms with van der Waals surface area (Å²) in [6.07, 6.45) is 9.76. The average Bonchev–Trinajstić information content (AvgIpc) is 2.53. The molecule has 1 fully saturated rings. The third kappa shape index (κ3) is 6.54. The number of piperidine rings is 1. The van der Waals surface area contributed by atoms with Crippen LogP contribution in [0.3, 0.4) is 0 Å². The van der Waals surface area contributed by atoms with Crippen molar-refractivity contribution in [1.29, 1.82) is 0 Å². The predicted molar refractivity (Wildman–Crippen MR) is 104 cm³/mol. The summed E-state index contributed by atoms with van der Waals surface area (Å²) in [6, 6.07) is 0. The Bertz CT molecular complexity index is 435. The number of allylic oxidation sites excluding steroid dienone is 4. The molecule has 0 N–H and O–H groups in total. The van der Waals surface area contributed by atoms with Gasteiger partial charge in [0.05, 0.1) is 0 Å². The summed E-state index contributed by atoms with van der Waals surface area (Å²) in [7, 11) is 0. The van der Waals surface area contributed by atoms with Crippen LogP contribution in [0.2, 0.25) is 0 Å². The number of nitrogens with zero attached hydrogens (tertiary/aromatic N) is 1. The van der Waals surface area contributed by atoms with Gasteiger partial charge in [0.25, 0.3) is 0 Å². The third-order valence-corrected chi connectivity index (χ3v) is 4.23. The van der Waals surface area contributed by atoms with Crippen molar-refractivity contribution in [1.82, 2.24) is 4.90 Å². The van der Waals surface area contributed by atoms with Gasteiger partial charge in [0.2, 0.25) is 0 Å². The minimum absolute atomic E-state index is 0.114. The zero-order valence-electron chi connectivity index (χ0n) is 16.7. The van der Waals surface area contributed by atoms with Gasteiger partial charge in [0, 0.05) is 13.1 Å². The van der Waals surface area contributed by atoms with E-state index in [1.165, 1.54) is 5.57 Å². The first-order chi connectivity index (χ1) is 11.3. The zero-order valence-corrected chi connectivity index (χ0v) is 16.7. The molecule has 0 radical (unpaired) electrons. The van der Waals surface area contributed by atoms with Gasteiger partial charge in [-0.25, -0.2) is 4.79 Å². The maximum atomic E-state index is 12.2. The molecule has 24 heavy (non-hydrogen) atoms. The molecule has 1 saturated heterocycles. The second-order valence-corrected chi connectivity index (χ2v) is 7.06. The lowest BCUT2D eigenvalue weighted by atomic mass is 9.69. The van der Waals surface area contributed by atoms with Gasteiger partial charge >= 0.3 is 6.09 Å². The fourth-order valence-electron chi connectivity index (χ4n) is 3.19. The number of ether oxygens (including phenoxy) is 1. The van der Waals surface area contributed by atoms with Gasteiger partial charge in [-0.1, -0.05) is 58.6 Å². The molecule has 0 aromatic heterocycles. The Morgan fingerprint density at radius 2 is 1.75 bits per heavy atom. The van der Waals surface area contributed by atoms with Crippen molar-refractivity contribution in [2.45, 2.75) is 72.8 Å². The van der Waals surface area contributed by atoms with Crippen LogP contribution in [0.25, 0.3) is 0 Å². The first-order valence-electron chi connectivity index (χ1n) is 9.21. The first kappa shape index (κ1) is 22.5. The molecular formula is C21H37NO2. The molecule has 1 aliphatic rings. The molecule has 1 amide bonds. The average molecular weight is 336 g/mol. The van der Waals surface area contributed by atoms with E-state index in [9.17, 15) is 4.79 Å². The Balaban J connectivity index is 0.00000254. The standard InChI is InChI=1S/C19H31NO2.C2H6/c1-7-10-16(9-3)19(11-8-2)12-14-20(15-13-19)17(21)22-18(4,5)6;1-2/h7,9-10H,1,3,8,11-15H2,2,4-6H3;1-2H3/b16-10+;. The quantitative estimate of drug-likeness (QED) is 0.566. The third-order valence-electron chi connectivity index (χ3n) is 4.23. The fourth-order valence-corrected chi connectivity index (χ4v) is 3.19. The molecule has 3 nitrogen and oxygen atoms in total. The molecule has 0 bridgehead atoms. The van der Waals surface area contributed by atoms with Crippen LogP contribution in [0, 0.1) is 5.41 Å². The van der Waals surface area contributed by atoms with Crippen LogP contribution in [0.4, 0.5) is 4.79 Å². The molecular weight excluding hydrogens is 298 g/mol. The number of carbonyl (C=O) groups excluding carboxylic acids is 1. The van der Waals surface area contributed by atoms with Crippen molar-refractivity contribution in [3.8, 4) is 0 Å². The summed E-state index contributed by atoms with van der Waals surface area (Å²) in [5.74, 6) is 0. The molecule has 0 spiro atoms. The molecule has 1 heterocycles. The zero-order chi connectivity index (χ0) is 18.8. The van der Waals surface area contributed by atoms with Crippen molar-refractivity contribution >= 4 is 6.09 Å². The highest BCUT2D eigenvalue weighted by molar-refractivity contribution is 5.68. The van der Waals surface area contributed by atoms with Gasteiger partial charge in [0.1, 0.15) is 5.60 Å². The van der Waals surface area contributed by atoms with Gasteiger partial charge in [-0.3, -0.25) is 0 Å². The Labute approximate surface area is 149 Å². The Hall–Kier alpha value is -1.51. The number of hydrogen-bond donors (Lipinski definition) is 0. The number of hydrogen-bond acceptors (Lipinski definition) is 2. The van der Waals surface area contributed by atoms with Gasteiger partial charge < -0.3 is 9.64 Å². The number of amides is 1. The number of likely N-dealkylation sites (tertiary alicyclic amines) is 1. The van der Waals surface area contributed by atoms with Crippen molar-refractivity contribution in [3.63, 3.8) is 0 Å². The summed E-state index contributed by atoms with van der Waals surface area (Å²) in [6.45, 7) is 21.1. The Morgan fingerprint density at radius 3 is 2.12 bits per heavy atom. The fraction of sp³-hybridized carbons (Fsp3) is 0.667. The van der Waals surface area contributed by atoms with Gasteiger partial charge in [-0.05, 0) is 51.0 Å². The van der Waals surface area contributed by atoms with E-state index in [1.807, 2.05) is 51.7 Å². The van der Waals surface area contributed by atoms with Crippen molar-refractivity contribution in [2.24, 2.45) is 5.41 Å². The van der Waals surface area contributed by atoms with E-state index in [0.29, 0.717) is 0 Å². The first-order valence-corrected chi connectivity index (χ1v) is 9.21. The smallest absolute Gasteiger partial charge is 0.410 e. The highest BCUT2D eigenvalue weighted by atomic mass is 16.6. The van der Waals surface area contributed by atoms with E-state index in [0.717, 1.165) is 38.8 Å². The van der Waals surface area contributed by atoms with Crippen LogP contribution in [0.5, 0.6) is 0 Å². The molecule has 1 aliphatic heterocycles. The topological polar surface area (TPSA) is 29.5 Å². The second kappa shape index (κ2) is 10.4. The SMILES string of the molecule is C=C/C=C(\C=C)C1(CCC)CCN(C(=O)OC(C)(C)C)CC1.CC. The van der Waals surface area contributed by atoms with Crippen LogP contribution in [-0.2, 0) is 4.74 Å². The van der Waals surface area contributed by atoms with Gasteiger partial charge in [-0.2, -0.15) is 0 Å². The highest BCUT2D eigenvalue weighted by Crippen LogP contribution is 2.43. The molecule has 138 valence electrons. The largest absolute Gasteiger partial charge is 0.444 e. The Morgan fingerprint density at radius 1 is 1.21 bits per heavy atom. The summed E-state index contributed by atoms with van der Waals surface area (Å²) < 4.78 is 5.48. The molecule has 0 aromatic carbocycles. The summed E-state index contributed by atoms with van der Waals surface area (Å²) in [5.41, 5.74) is 0.918.